The van der Waals surface area contributed by atoms with E-state index in [0.29, 0.717) is 11.3 Å². The molecule has 3 aromatic rings. The predicted octanol–water partition coefficient (Wildman–Crippen LogP) is 4.91. The number of carbonyl (C=O) groups excluding carboxylic acids is 1. The Balaban J connectivity index is 1.77. The van der Waals surface area contributed by atoms with E-state index in [2.05, 4.69) is 64.9 Å². The molecule has 3 heteroatoms. The molecule has 0 aliphatic rings. The number of nitrogens with zero attached hydrogens (tertiary/aromatic N) is 1. The summed E-state index contributed by atoms with van der Waals surface area (Å²) in [5.74, 6) is 5.55. The summed E-state index contributed by atoms with van der Waals surface area (Å²) < 4.78 is 4.65. The number of allylic oxidation sites excluding steroid dienone is 1. The molecule has 0 spiro atoms. The summed E-state index contributed by atoms with van der Waals surface area (Å²) in [4.78, 5) is 15.6. The van der Waals surface area contributed by atoms with E-state index in [1.54, 1.807) is 12.1 Å². The van der Waals surface area contributed by atoms with Crippen LogP contribution in [0, 0.1) is 18.8 Å². The summed E-state index contributed by atoms with van der Waals surface area (Å²) in [5.41, 5.74) is 5.68. The second-order valence-electron chi connectivity index (χ2n) is 5.98. The van der Waals surface area contributed by atoms with E-state index in [4.69, 9.17) is 0 Å². The molecule has 0 amide bonds. The Kier molecular flexibility index (Phi) is 5.81. The number of pyridine rings is 1. The van der Waals surface area contributed by atoms with Gasteiger partial charge in [0.25, 0.3) is 0 Å². The maximum Gasteiger partial charge on any atom is 0.339 e. The highest BCUT2D eigenvalue weighted by Gasteiger charge is 2.04. The van der Waals surface area contributed by atoms with Crippen LogP contribution in [-0.2, 0) is 4.74 Å². The molecule has 132 valence electrons. The van der Waals surface area contributed by atoms with E-state index >= 15 is 0 Å². The van der Waals surface area contributed by atoms with Gasteiger partial charge in [0.2, 0.25) is 0 Å². The van der Waals surface area contributed by atoms with Crippen LogP contribution in [0.3, 0.4) is 0 Å². The minimum atomic E-state index is -0.408. The molecule has 0 radical (unpaired) electrons. The van der Waals surface area contributed by atoms with Crippen molar-refractivity contribution >= 4 is 12.0 Å². The summed E-state index contributed by atoms with van der Waals surface area (Å²) in [6.07, 6.45) is 5.26. The fraction of sp³-hybridized carbons (Fsp3) is 0.0833. The van der Waals surface area contributed by atoms with Gasteiger partial charge in [0.05, 0.1) is 12.7 Å². The molecule has 0 unspecified atom stereocenters. The molecule has 0 bridgehead atoms. The SMILES string of the molecule is COC(=O)c1ccc(C#CC=Cc2ccccc2-c2ccc(C)cc2)nc1. The van der Waals surface area contributed by atoms with Crippen molar-refractivity contribution in [3.63, 3.8) is 0 Å². The Morgan fingerprint density at radius 3 is 2.52 bits per heavy atom. The number of hydrogen-bond donors (Lipinski definition) is 0. The van der Waals surface area contributed by atoms with Crippen LogP contribution in [0.1, 0.15) is 27.2 Å². The fourth-order valence-electron chi connectivity index (χ4n) is 2.59. The predicted molar refractivity (Wildman–Crippen MR) is 108 cm³/mol. The van der Waals surface area contributed by atoms with Crippen molar-refractivity contribution in [2.45, 2.75) is 6.92 Å². The molecule has 1 aromatic heterocycles. The molecule has 3 nitrogen and oxygen atoms in total. The second kappa shape index (κ2) is 8.64. The average Bonchev–Trinajstić information content (AvgIpc) is 2.72. The van der Waals surface area contributed by atoms with Gasteiger partial charge >= 0.3 is 5.97 Å². The quantitative estimate of drug-likeness (QED) is 0.496. The summed E-state index contributed by atoms with van der Waals surface area (Å²) in [5, 5.41) is 0. The summed E-state index contributed by atoms with van der Waals surface area (Å²) in [7, 11) is 1.34. The van der Waals surface area contributed by atoms with Gasteiger partial charge in [-0.05, 0) is 53.8 Å². The maximum atomic E-state index is 11.4. The third-order valence-corrected chi connectivity index (χ3v) is 4.05. The lowest BCUT2D eigenvalue weighted by Crippen LogP contribution is -2.01. The smallest absolute Gasteiger partial charge is 0.339 e. The first-order valence-electron chi connectivity index (χ1n) is 8.56. The molecule has 1 heterocycles. The molecular formula is C24H19NO2. The van der Waals surface area contributed by atoms with E-state index in [0.717, 1.165) is 11.1 Å². The van der Waals surface area contributed by atoms with Crippen molar-refractivity contribution in [1.29, 1.82) is 0 Å². The molecule has 0 atom stereocenters. The third kappa shape index (κ3) is 4.71. The van der Waals surface area contributed by atoms with Gasteiger partial charge in [-0.1, -0.05) is 60.0 Å². The number of aryl methyl sites for hydroxylation is 1. The molecule has 3 rings (SSSR count). The van der Waals surface area contributed by atoms with Crippen molar-refractivity contribution in [3.05, 3.63) is 95.3 Å². The number of ether oxygens (including phenoxy) is 1. The van der Waals surface area contributed by atoms with E-state index in [1.807, 2.05) is 24.3 Å². The van der Waals surface area contributed by atoms with Gasteiger partial charge in [0, 0.05) is 6.20 Å². The molecule has 0 aliphatic carbocycles. The van der Waals surface area contributed by atoms with Crippen LogP contribution in [0.2, 0.25) is 0 Å². The number of methoxy groups -OCH3 is 1. The molecule has 0 N–H and O–H groups in total. The fourth-order valence-corrected chi connectivity index (χ4v) is 2.59. The van der Waals surface area contributed by atoms with Crippen molar-refractivity contribution in [1.82, 2.24) is 4.98 Å². The van der Waals surface area contributed by atoms with Gasteiger partial charge in [-0.3, -0.25) is 0 Å². The monoisotopic (exact) mass is 353 g/mol. The number of carbonyl (C=O) groups is 1. The highest BCUT2D eigenvalue weighted by molar-refractivity contribution is 5.88. The summed E-state index contributed by atoms with van der Waals surface area (Å²) >= 11 is 0. The van der Waals surface area contributed by atoms with Gasteiger partial charge in [-0.15, -0.1) is 0 Å². The largest absolute Gasteiger partial charge is 0.465 e. The Bertz CT molecular complexity index is 1020. The number of hydrogen-bond acceptors (Lipinski definition) is 3. The molecule has 27 heavy (non-hydrogen) atoms. The van der Waals surface area contributed by atoms with Gasteiger partial charge in [0.1, 0.15) is 5.69 Å². The van der Waals surface area contributed by atoms with E-state index in [1.165, 1.54) is 24.4 Å². The van der Waals surface area contributed by atoms with Crippen molar-refractivity contribution in [2.75, 3.05) is 7.11 Å². The van der Waals surface area contributed by atoms with E-state index in [9.17, 15) is 4.79 Å². The number of aromatic nitrogens is 1. The number of rotatable bonds is 3. The molecule has 0 saturated carbocycles. The highest BCUT2D eigenvalue weighted by atomic mass is 16.5. The van der Waals surface area contributed by atoms with E-state index < -0.39 is 5.97 Å². The van der Waals surface area contributed by atoms with Gasteiger partial charge in [0.15, 0.2) is 0 Å². The van der Waals surface area contributed by atoms with Crippen LogP contribution in [0.5, 0.6) is 0 Å². The zero-order chi connectivity index (χ0) is 19.1. The number of esters is 1. The van der Waals surface area contributed by atoms with Gasteiger partial charge in [-0.25, -0.2) is 9.78 Å². The van der Waals surface area contributed by atoms with Crippen molar-refractivity contribution in [2.24, 2.45) is 0 Å². The van der Waals surface area contributed by atoms with Crippen LogP contribution in [0.25, 0.3) is 17.2 Å². The first-order chi connectivity index (χ1) is 13.2. The zero-order valence-corrected chi connectivity index (χ0v) is 15.3. The lowest BCUT2D eigenvalue weighted by molar-refractivity contribution is 0.0600. The minimum absolute atomic E-state index is 0.408. The second-order valence-corrected chi connectivity index (χ2v) is 5.98. The molecule has 0 saturated heterocycles. The standard InChI is InChI=1S/C24H19NO2/c1-18-11-13-20(14-12-18)23-10-6-4-8-19(23)7-3-5-9-22-16-15-21(17-25-22)24(26)27-2/h3-4,6-8,10-17H,1-2H3. The van der Waals surface area contributed by atoms with Crippen LogP contribution < -0.4 is 0 Å². The lowest BCUT2D eigenvalue weighted by atomic mass is 9.98. The third-order valence-electron chi connectivity index (χ3n) is 4.05. The zero-order valence-electron chi connectivity index (χ0n) is 15.3. The first-order valence-corrected chi connectivity index (χ1v) is 8.56. The topological polar surface area (TPSA) is 39.2 Å². The van der Waals surface area contributed by atoms with Crippen molar-refractivity contribution in [3.8, 4) is 23.0 Å². The Morgan fingerprint density at radius 2 is 1.81 bits per heavy atom. The Morgan fingerprint density at radius 1 is 1.04 bits per heavy atom. The van der Waals surface area contributed by atoms with Gasteiger partial charge < -0.3 is 4.74 Å². The lowest BCUT2D eigenvalue weighted by Gasteiger charge is -2.06. The van der Waals surface area contributed by atoms with E-state index in [-0.39, 0.29) is 0 Å². The minimum Gasteiger partial charge on any atom is -0.465 e. The molecular weight excluding hydrogens is 334 g/mol. The van der Waals surface area contributed by atoms with Crippen LogP contribution in [-0.4, -0.2) is 18.1 Å². The van der Waals surface area contributed by atoms with Crippen molar-refractivity contribution < 1.29 is 9.53 Å². The highest BCUT2D eigenvalue weighted by Crippen LogP contribution is 2.24. The number of benzene rings is 2. The summed E-state index contributed by atoms with van der Waals surface area (Å²) in [6, 6.07) is 20.0. The average molecular weight is 353 g/mol. The molecule has 2 aromatic carbocycles. The molecule has 0 fully saturated rings. The first kappa shape index (κ1) is 18.2. The van der Waals surface area contributed by atoms with Gasteiger partial charge in [-0.2, -0.15) is 0 Å². The van der Waals surface area contributed by atoms with Crippen LogP contribution >= 0.6 is 0 Å². The Hall–Kier alpha value is -3.64. The normalized spacial score (nSPS) is 10.3. The summed E-state index contributed by atoms with van der Waals surface area (Å²) in [6.45, 7) is 2.08. The van der Waals surface area contributed by atoms with Crippen LogP contribution in [0.4, 0.5) is 0 Å². The Labute approximate surface area is 159 Å². The maximum absolute atomic E-state index is 11.4. The molecule has 0 aliphatic heterocycles. The van der Waals surface area contributed by atoms with Crippen LogP contribution in [0.15, 0.2) is 72.9 Å².